The number of rotatable bonds is 9. The molecule has 1 aromatic carbocycles. The van der Waals surface area contributed by atoms with Gasteiger partial charge in [-0.2, -0.15) is 8.42 Å². The summed E-state index contributed by atoms with van der Waals surface area (Å²) in [7, 11) is -4.27. The van der Waals surface area contributed by atoms with E-state index in [4.69, 9.17) is 4.55 Å². The predicted octanol–water partition coefficient (Wildman–Crippen LogP) is 4.99. The molecule has 1 aromatic rings. The van der Waals surface area contributed by atoms with Gasteiger partial charge in [0.05, 0.1) is 9.82 Å². The molecule has 0 spiro atoms. The second-order valence-corrected chi connectivity index (χ2v) is 6.77. The molecule has 0 aliphatic carbocycles. The third-order valence-corrected chi connectivity index (χ3v) is 4.17. The molecule has 0 heterocycles. The van der Waals surface area contributed by atoms with E-state index in [1.54, 1.807) is 0 Å². The SMILES string of the molecule is CCCCCCCCCC.O=[N+]([O-])c1ccc(S(=O)(=O)O)cc1. The molecule has 132 valence electrons. The minimum Gasteiger partial charge on any atom is -0.282 e. The molecule has 23 heavy (non-hydrogen) atoms. The normalized spacial score (nSPS) is 10.7. The number of nitro groups is 1. The van der Waals surface area contributed by atoms with Crippen molar-refractivity contribution in [3.8, 4) is 0 Å². The lowest BCUT2D eigenvalue weighted by molar-refractivity contribution is -0.384. The van der Waals surface area contributed by atoms with Crippen LogP contribution in [0.1, 0.15) is 65.2 Å². The van der Waals surface area contributed by atoms with Gasteiger partial charge in [0.1, 0.15) is 0 Å². The summed E-state index contributed by atoms with van der Waals surface area (Å²) in [6.07, 6.45) is 11.5. The first-order valence-corrected chi connectivity index (χ1v) is 9.48. The number of nitrogens with zero attached hydrogens (tertiary/aromatic N) is 1. The maximum absolute atomic E-state index is 10.5. The minimum atomic E-state index is -4.27. The molecule has 7 heteroatoms. The molecule has 0 fully saturated rings. The van der Waals surface area contributed by atoms with Gasteiger partial charge in [-0.1, -0.05) is 65.2 Å². The Morgan fingerprint density at radius 1 is 0.913 bits per heavy atom. The summed E-state index contributed by atoms with van der Waals surface area (Å²) in [4.78, 5) is 9.13. The van der Waals surface area contributed by atoms with E-state index in [9.17, 15) is 18.5 Å². The van der Waals surface area contributed by atoms with Crippen molar-refractivity contribution in [1.82, 2.24) is 0 Å². The molecule has 0 aliphatic rings. The fraction of sp³-hybridized carbons (Fsp3) is 0.625. The molecule has 0 amide bonds. The lowest BCUT2D eigenvalue weighted by Crippen LogP contribution is -1.97. The molecule has 0 saturated carbocycles. The minimum absolute atomic E-state index is 0.229. The Hall–Kier alpha value is -1.47. The third kappa shape index (κ3) is 10.8. The Morgan fingerprint density at radius 3 is 1.61 bits per heavy atom. The van der Waals surface area contributed by atoms with Crippen LogP contribution >= 0.6 is 0 Å². The highest BCUT2D eigenvalue weighted by Crippen LogP contribution is 2.15. The predicted molar refractivity (Wildman–Crippen MR) is 91.2 cm³/mol. The molecule has 0 aromatic heterocycles. The maximum Gasteiger partial charge on any atom is 0.294 e. The van der Waals surface area contributed by atoms with E-state index in [1.165, 1.54) is 51.4 Å². The van der Waals surface area contributed by atoms with Crippen LogP contribution in [0.5, 0.6) is 0 Å². The zero-order chi connectivity index (χ0) is 17.7. The van der Waals surface area contributed by atoms with Gasteiger partial charge < -0.3 is 0 Å². The lowest BCUT2D eigenvalue weighted by atomic mass is 10.1. The van der Waals surface area contributed by atoms with E-state index in [0.717, 1.165) is 24.3 Å². The smallest absolute Gasteiger partial charge is 0.282 e. The lowest BCUT2D eigenvalue weighted by Gasteiger charge is -1.97. The first kappa shape index (κ1) is 21.5. The number of hydrogen-bond acceptors (Lipinski definition) is 4. The fourth-order valence-electron chi connectivity index (χ4n) is 1.95. The molecular formula is C16H27NO5S. The average molecular weight is 345 g/mol. The second-order valence-electron chi connectivity index (χ2n) is 5.35. The van der Waals surface area contributed by atoms with E-state index in [1.807, 2.05) is 0 Å². The third-order valence-electron chi connectivity index (χ3n) is 3.30. The Morgan fingerprint density at radius 2 is 1.30 bits per heavy atom. The molecular weight excluding hydrogens is 318 g/mol. The molecule has 1 N–H and O–H groups in total. The van der Waals surface area contributed by atoms with Crippen LogP contribution in [-0.4, -0.2) is 17.9 Å². The molecule has 0 atom stereocenters. The number of non-ortho nitro benzene ring substituents is 1. The Kier molecular flexibility index (Phi) is 11.2. The van der Waals surface area contributed by atoms with Gasteiger partial charge in [0, 0.05) is 12.1 Å². The van der Waals surface area contributed by atoms with E-state index in [0.29, 0.717) is 0 Å². The summed E-state index contributed by atoms with van der Waals surface area (Å²) >= 11 is 0. The highest BCUT2D eigenvalue weighted by Gasteiger charge is 2.11. The van der Waals surface area contributed by atoms with Gasteiger partial charge in [0.2, 0.25) is 0 Å². The van der Waals surface area contributed by atoms with Crippen molar-refractivity contribution in [3.63, 3.8) is 0 Å². The summed E-state index contributed by atoms with van der Waals surface area (Å²) < 4.78 is 29.5. The van der Waals surface area contributed by atoms with Crippen LogP contribution in [0.3, 0.4) is 0 Å². The van der Waals surface area contributed by atoms with Crippen molar-refractivity contribution in [1.29, 1.82) is 0 Å². The topological polar surface area (TPSA) is 97.5 Å². The summed E-state index contributed by atoms with van der Waals surface area (Å²) in [5.74, 6) is 0. The summed E-state index contributed by atoms with van der Waals surface area (Å²) in [6.45, 7) is 4.54. The van der Waals surface area contributed by atoms with Gasteiger partial charge in [-0.15, -0.1) is 0 Å². The zero-order valence-corrected chi connectivity index (χ0v) is 14.7. The van der Waals surface area contributed by atoms with Crippen molar-refractivity contribution in [2.45, 2.75) is 70.1 Å². The fourth-order valence-corrected chi connectivity index (χ4v) is 2.43. The van der Waals surface area contributed by atoms with E-state index < -0.39 is 15.0 Å². The Bertz CT molecular complexity index is 532. The van der Waals surface area contributed by atoms with Crippen molar-refractivity contribution in [2.24, 2.45) is 0 Å². The van der Waals surface area contributed by atoms with Gasteiger partial charge in [-0.3, -0.25) is 14.7 Å². The van der Waals surface area contributed by atoms with Gasteiger partial charge in [-0.25, -0.2) is 0 Å². The van der Waals surface area contributed by atoms with Crippen LogP contribution in [0.2, 0.25) is 0 Å². The average Bonchev–Trinajstić information content (AvgIpc) is 2.51. The van der Waals surface area contributed by atoms with Crippen LogP contribution < -0.4 is 0 Å². The van der Waals surface area contributed by atoms with Gasteiger partial charge in [-0.05, 0) is 12.1 Å². The largest absolute Gasteiger partial charge is 0.294 e. The van der Waals surface area contributed by atoms with Crippen LogP contribution in [0.4, 0.5) is 5.69 Å². The van der Waals surface area contributed by atoms with E-state index in [2.05, 4.69) is 13.8 Å². The van der Waals surface area contributed by atoms with Crippen molar-refractivity contribution in [2.75, 3.05) is 0 Å². The van der Waals surface area contributed by atoms with Crippen LogP contribution in [-0.2, 0) is 10.1 Å². The summed E-state index contributed by atoms with van der Waals surface area (Å²) in [5, 5.41) is 10.2. The first-order valence-electron chi connectivity index (χ1n) is 8.04. The number of nitro benzene ring substituents is 1. The van der Waals surface area contributed by atoms with E-state index in [-0.39, 0.29) is 10.6 Å². The number of benzene rings is 1. The van der Waals surface area contributed by atoms with Crippen molar-refractivity contribution >= 4 is 15.8 Å². The van der Waals surface area contributed by atoms with Crippen molar-refractivity contribution in [3.05, 3.63) is 34.4 Å². The Balaban J connectivity index is 0.000000438. The van der Waals surface area contributed by atoms with E-state index >= 15 is 0 Å². The standard InChI is InChI=1S/C10H22.C6H5NO5S/c1-3-5-7-9-10-8-6-4-2;8-7(9)5-1-3-6(4-2-5)13(10,11)12/h3-10H2,1-2H3;1-4H,(H,10,11,12). The summed E-state index contributed by atoms with van der Waals surface area (Å²) in [5.41, 5.74) is -0.229. The quantitative estimate of drug-likeness (QED) is 0.294. The molecule has 6 nitrogen and oxygen atoms in total. The Labute approximate surface area is 138 Å². The molecule has 0 radical (unpaired) electrons. The van der Waals surface area contributed by atoms with Crippen molar-refractivity contribution < 1.29 is 17.9 Å². The molecule has 0 bridgehead atoms. The van der Waals surface area contributed by atoms with Crippen LogP contribution in [0.15, 0.2) is 29.2 Å². The molecule has 0 aliphatic heterocycles. The summed E-state index contributed by atoms with van der Waals surface area (Å²) in [6, 6.07) is 3.94. The second kappa shape index (κ2) is 12.0. The zero-order valence-electron chi connectivity index (χ0n) is 13.9. The van der Waals surface area contributed by atoms with Gasteiger partial charge >= 0.3 is 0 Å². The van der Waals surface area contributed by atoms with Crippen LogP contribution in [0, 0.1) is 10.1 Å². The first-order chi connectivity index (χ1) is 10.8. The highest BCUT2D eigenvalue weighted by molar-refractivity contribution is 7.85. The van der Waals surface area contributed by atoms with Gasteiger partial charge in [0.15, 0.2) is 0 Å². The molecule has 0 unspecified atom stereocenters. The van der Waals surface area contributed by atoms with Gasteiger partial charge in [0.25, 0.3) is 15.8 Å². The number of unbranched alkanes of at least 4 members (excludes halogenated alkanes) is 7. The van der Waals surface area contributed by atoms with Crippen LogP contribution in [0.25, 0.3) is 0 Å². The number of hydrogen-bond donors (Lipinski definition) is 1. The molecule has 0 saturated heterocycles. The highest BCUT2D eigenvalue weighted by atomic mass is 32.2. The monoisotopic (exact) mass is 345 g/mol. The molecule has 1 rings (SSSR count). The maximum atomic E-state index is 10.5.